The Labute approximate surface area is 80.4 Å². The van der Waals surface area contributed by atoms with Crippen molar-refractivity contribution in [2.75, 3.05) is 6.54 Å². The summed E-state index contributed by atoms with van der Waals surface area (Å²) in [5.74, 6) is 1.50. The topological polar surface area (TPSA) is 24.4 Å². The third-order valence-electron chi connectivity index (χ3n) is 2.21. The fraction of sp³-hybridized carbons (Fsp3) is 0.545. The summed E-state index contributed by atoms with van der Waals surface area (Å²) in [6.07, 6.45) is 3.09. The van der Waals surface area contributed by atoms with Crippen LogP contribution in [0.4, 0.5) is 0 Å². The predicted molar refractivity (Wildman–Crippen MR) is 57.8 cm³/mol. The van der Waals surface area contributed by atoms with Crippen LogP contribution in [0, 0.1) is 5.92 Å². The Morgan fingerprint density at radius 1 is 1.69 bits per heavy atom. The van der Waals surface area contributed by atoms with Crippen LogP contribution in [-0.2, 0) is 0 Å². The highest BCUT2D eigenvalue weighted by atomic mass is 15.0. The second-order valence-electron chi connectivity index (χ2n) is 3.59. The molecule has 2 heteroatoms. The van der Waals surface area contributed by atoms with E-state index < -0.39 is 0 Å². The van der Waals surface area contributed by atoms with E-state index in [9.17, 15) is 0 Å². The zero-order valence-corrected chi connectivity index (χ0v) is 8.72. The third kappa shape index (κ3) is 2.44. The Hall–Kier alpha value is -1.05. The van der Waals surface area contributed by atoms with Gasteiger partial charge >= 0.3 is 0 Å². The zero-order chi connectivity index (χ0) is 9.84. The molecule has 0 aromatic carbocycles. The molecule has 0 aromatic heterocycles. The summed E-state index contributed by atoms with van der Waals surface area (Å²) in [7, 11) is 0. The zero-order valence-electron chi connectivity index (χ0n) is 8.72. The van der Waals surface area contributed by atoms with Crippen molar-refractivity contribution in [3.8, 4) is 0 Å². The van der Waals surface area contributed by atoms with Crippen molar-refractivity contribution in [2.24, 2.45) is 10.9 Å². The number of rotatable bonds is 3. The van der Waals surface area contributed by atoms with E-state index in [4.69, 9.17) is 0 Å². The lowest BCUT2D eigenvalue weighted by atomic mass is 10.1. The molecule has 1 N–H and O–H groups in total. The third-order valence-corrected chi connectivity index (χ3v) is 2.21. The quantitative estimate of drug-likeness (QED) is 0.705. The molecule has 0 saturated heterocycles. The van der Waals surface area contributed by atoms with Crippen molar-refractivity contribution in [3.05, 3.63) is 23.9 Å². The van der Waals surface area contributed by atoms with Gasteiger partial charge in [0.25, 0.3) is 0 Å². The van der Waals surface area contributed by atoms with Gasteiger partial charge in [-0.15, -0.1) is 0 Å². The highest BCUT2D eigenvalue weighted by molar-refractivity contribution is 5.99. The summed E-state index contributed by atoms with van der Waals surface area (Å²) >= 11 is 0. The summed E-state index contributed by atoms with van der Waals surface area (Å²) in [6.45, 7) is 11.2. The molecule has 0 amide bonds. The predicted octanol–water partition coefficient (Wildman–Crippen LogP) is 2.49. The number of amidine groups is 1. The van der Waals surface area contributed by atoms with E-state index in [-0.39, 0.29) is 0 Å². The normalized spacial score (nSPS) is 16.3. The number of aliphatic imine (C=N–C) groups is 1. The van der Waals surface area contributed by atoms with Crippen LogP contribution in [0.2, 0.25) is 0 Å². The maximum absolute atomic E-state index is 4.36. The molecular weight excluding hydrogens is 160 g/mol. The summed E-state index contributed by atoms with van der Waals surface area (Å²) < 4.78 is 0. The standard InChI is InChI=1S/C11H18N2/c1-5-9(4)11-12-7-6-10(13-11)8(2)3/h6,8H,4-5,7H2,1-3H3,(H,12,13). The Bertz CT molecular complexity index is 259. The van der Waals surface area contributed by atoms with Gasteiger partial charge in [-0.1, -0.05) is 27.4 Å². The van der Waals surface area contributed by atoms with Crippen LogP contribution in [0.3, 0.4) is 0 Å². The van der Waals surface area contributed by atoms with Crippen LogP contribution >= 0.6 is 0 Å². The van der Waals surface area contributed by atoms with Crippen LogP contribution in [0.1, 0.15) is 27.2 Å². The first-order valence-corrected chi connectivity index (χ1v) is 4.84. The second-order valence-corrected chi connectivity index (χ2v) is 3.59. The van der Waals surface area contributed by atoms with Crippen molar-refractivity contribution in [1.29, 1.82) is 0 Å². The first-order valence-electron chi connectivity index (χ1n) is 4.84. The van der Waals surface area contributed by atoms with Crippen molar-refractivity contribution in [3.63, 3.8) is 0 Å². The molecule has 1 aliphatic heterocycles. The van der Waals surface area contributed by atoms with E-state index in [1.165, 1.54) is 5.70 Å². The van der Waals surface area contributed by atoms with Gasteiger partial charge in [0.1, 0.15) is 5.84 Å². The summed E-state index contributed by atoms with van der Waals surface area (Å²) in [5.41, 5.74) is 2.35. The first kappa shape index (κ1) is 10.0. The Morgan fingerprint density at radius 2 is 2.38 bits per heavy atom. The largest absolute Gasteiger partial charge is 0.344 e. The maximum atomic E-state index is 4.36. The van der Waals surface area contributed by atoms with E-state index in [0.717, 1.165) is 24.4 Å². The van der Waals surface area contributed by atoms with E-state index in [1.54, 1.807) is 0 Å². The minimum Gasteiger partial charge on any atom is -0.344 e. The molecule has 13 heavy (non-hydrogen) atoms. The SMILES string of the molecule is C=C(CC)C1=NCC=C(C(C)C)N1. The summed E-state index contributed by atoms with van der Waals surface area (Å²) in [4.78, 5) is 4.36. The molecule has 1 aliphatic rings. The van der Waals surface area contributed by atoms with E-state index in [1.807, 2.05) is 0 Å². The molecule has 2 nitrogen and oxygen atoms in total. The van der Waals surface area contributed by atoms with Gasteiger partial charge in [0.15, 0.2) is 0 Å². The minimum atomic E-state index is 0.537. The fourth-order valence-electron chi connectivity index (χ4n) is 1.21. The lowest BCUT2D eigenvalue weighted by Gasteiger charge is -2.20. The minimum absolute atomic E-state index is 0.537. The molecule has 0 aliphatic carbocycles. The lowest BCUT2D eigenvalue weighted by molar-refractivity contribution is 0.712. The highest BCUT2D eigenvalue weighted by Gasteiger charge is 2.11. The molecule has 0 bridgehead atoms. The molecular formula is C11H18N2. The Balaban J connectivity index is 2.64. The maximum Gasteiger partial charge on any atom is 0.128 e. The van der Waals surface area contributed by atoms with E-state index >= 15 is 0 Å². The molecule has 0 radical (unpaired) electrons. The first-order chi connectivity index (χ1) is 6.15. The van der Waals surface area contributed by atoms with Crippen molar-refractivity contribution in [1.82, 2.24) is 5.32 Å². The lowest BCUT2D eigenvalue weighted by Crippen LogP contribution is -2.29. The van der Waals surface area contributed by atoms with Gasteiger partial charge in [-0.25, -0.2) is 0 Å². The van der Waals surface area contributed by atoms with Crippen LogP contribution in [0.5, 0.6) is 0 Å². The number of hydrogen-bond acceptors (Lipinski definition) is 2. The molecule has 0 atom stereocenters. The number of hydrogen-bond donors (Lipinski definition) is 1. The Morgan fingerprint density at radius 3 is 2.92 bits per heavy atom. The van der Waals surface area contributed by atoms with Gasteiger partial charge in [-0.2, -0.15) is 0 Å². The number of allylic oxidation sites excluding steroid dienone is 1. The molecule has 1 heterocycles. The fourth-order valence-corrected chi connectivity index (χ4v) is 1.21. The smallest absolute Gasteiger partial charge is 0.128 e. The van der Waals surface area contributed by atoms with Crippen molar-refractivity contribution in [2.45, 2.75) is 27.2 Å². The van der Waals surface area contributed by atoms with Gasteiger partial charge in [-0.3, -0.25) is 4.99 Å². The molecule has 0 unspecified atom stereocenters. The van der Waals surface area contributed by atoms with Crippen LogP contribution in [0.15, 0.2) is 28.9 Å². The van der Waals surface area contributed by atoms with Gasteiger partial charge < -0.3 is 5.32 Å². The summed E-state index contributed by atoms with van der Waals surface area (Å²) in [5, 5.41) is 3.32. The molecule has 0 fully saturated rings. The van der Waals surface area contributed by atoms with E-state index in [2.05, 4.69) is 43.7 Å². The molecule has 72 valence electrons. The van der Waals surface area contributed by atoms with Gasteiger partial charge in [0, 0.05) is 5.70 Å². The Kier molecular flexibility index (Phi) is 3.29. The van der Waals surface area contributed by atoms with Crippen molar-refractivity contribution >= 4 is 5.84 Å². The average Bonchev–Trinajstić information content (AvgIpc) is 2.17. The van der Waals surface area contributed by atoms with Gasteiger partial charge in [-0.05, 0) is 24.0 Å². The molecule has 0 saturated carbocycles. The molecule has 0 spiro atoms. The molecule has 0 aromatic rings. The van der Waals surface area contributed by atoms with Crippen molar-refractivity contribution < 1.29 is 0 Å². The molecule has 1 rings (SSSR count). The van der Waals surface area contributed by atoms with Gasteiger partial charge in [0.05, 0.1) is 6.54 Å². The number of nitrogens with zero attached hydrogens (tertiary/aromatic N) is 1. The van der Waals surface area contributed by atoms with Gasteiger partial charge in [0.2, 0.25) is 0 Å². The number of nitrogens with one attached hydrogen (secondary N) is 1. The second kappa shape index (κ2) is 4.26. The monoisotopic (exact) mass is 178 g/mol. The highest BCUT2D eigenvalue weighted by Crippen LogP contribution is 2.11. The van der Waals surface area contributed by atoms with Crippen LogP contribution in [0.25, 0.3) is 0 Å². The average molecular weight is 178 g/mol. The van der Waals surface area contributed by atoms with Crippen LogP contribution < -0.4 is 5.32 Å². The van der Waals surface area contributed by atoms with E-state index in [0.29, 0.717) is 5.92 Å². The van der Waals surface area contributed by atoms with Crippen LogP contribution in [-0.4, -0.2) is 12.4 Å². The summed E-state index contributed by atoms with van der Waals surface area (Å²) in [6, 6.07) is 0.